The first-order valence-corrected chi connectivity index (χ1v) is 7.04. The third-order valence-electron chi connectivity index (χ3n) is 2.34. The van der Waals surface area contributed by atoms with Crippen molar-refractivity contribution in [1.29, 1.82) is 0 Å². The second-order valence-corrected chi connectivity index (χ2v) is 5.09. The van der Waals surface area contributed by atoms with Crippen molar-refractivity contribution in [2.45, 2.75) is 6.42 Å². The summed E-state index contributed by atoms with van der Waals surface area (Å²) in [5, 5.41) is 8.31. The van der Waals surface area contributed by atoms with Crippen molar-refractivity contribution in [2.24, 2.45) is 0 Å². The van der Waals surface area contributed by atoms with Crippen LogP contribution in [0.15, 0.2) is 30.0 Å². The minimum absolute atomic E-state index is 0.0323. The Morgan fingerprint density at radius 1 is 1.42 bits per heavy atom. The van der Waals surface area contributed by atoms with Gasteiger partial charge in [-0.25, -0.2) is 9.97 Å². The molecule has 0 aliphatic carbocycles. The van der Waals surface area contributed by atoms with Gasteiger partial charge in [-0.05, 0) is 17.9 Å². The molecule has 0 aromatic carbocycles. The van der Waals surface area contributed by atoms with E-state index in [4.69, 9.17) is 11.6 Å². The molecule has 0 bridgehead atoms. The van der Waals surface area contributed by atoms with Gasteiger partial charge in [0.1, 0.15) is 17.2 Å². The van der Waals surface area contributed by atoms with Gasteiger partial charge in [-0.1, -0.05) is 17.7 Å². The fourth-order valence-electron chi connectivity index (χ4n) is 1.43. The summed E-state index contributed by atoms with van der Waals surface area (Å²) in [4.78, 5) is 20.2. The maximum atomic E-state index is 11.6. The third kappa shape index (κ3) is 4.18. The molecule has 1 amide bonds. The summed E-state index contributed by atoms with van der Waals surface area (Å²) in [5.41, 5.74) is 0. The highest BCUT2D eigenvalue weighted by Gasteiger charge is 2.05. The number of hydrogen-bond acceptors (Lipinski definition) is 5. The summed E-state index contributed by atoms with van der Waals surface area (Å²) in [7, 11) is 0. The van der Waals surface area contributed by atoms with Crippen LogP contribution in [0.25, 0.3) is 0 Å². The van der Waals surface area contributed by atoms with Crippen LogP contribution >= 0.6 is 22.9 Å². The summed E-state index contributed by atoms with van der Waals surface area (Å²) in [6.45, 7) is 1.29. The van der Waals surface area contributed by atoms with Crippen molar-refractivity contribution in [1.82, 2.24) is 15.3 Å². The molecule has 0 saturated carbocycles. The Kier molecular flexibility index (Phi) is 5.11. The van der Waals surface area contributed by atoms with Gasteiger partial charge < -0.3 is 10.6 Å². The van der Waals surface area contributed by atoms with Crippen molar-refractivity contribution in [3.8, 4) is 0 Å². The van der Waals surface area contributed by atoms with E-state index in [0.717, 1.165) is 11.3 Å². The molecule has 0 unspecified atom stereocenters. The average Bonchev–Trinajstić information content (AvgIpc) is 2.94. The molecule has 2 N–H and O–H groups in total. The van der Waals surface area contributed by atoms with Gasteiger partial charge in [0, 0.05) is 13.1 Å². The lowest BCUT2D eigenvalue weighted by atomic mass is 10.4. The van der Waals surface area contributed by atoms with Gasteiger partial charge in [0.2, 0.25) is 0 Å². The second kappa shape index (κ2) is 7.06. The molecule has 2 heterocycles. The van der Waals surface area contributed by atoms with E-state index in [0.29, 0.717) is 23.9 Å². The normalized spacial score (nSPS) is 10.2. The number of nitrogens with one attached hydrogen (secondary N) is 2. The van der Waals surface area contributed by atoms with Gasteiger partial charge in [-0.15, -0.1) is 11.3 Å². The van der Waals surface area contributed by atoms with Crippen LogP contribution in [-0.4, -0.2) is 29.0 Å². The summed E-state index contributed by atoms with van der Waals surface area (Å²) < 4.78 is 0. The SMILES string of the molecule is O=C(NCCCNc1ncncc1Cl)c1cccs1. The average molecular weight is 297 g/mol. The van der Waals surface area contributed by atoms with Crippen LogP contribution in [0, 0.1) is 0 Å². The third-order valence-corrected chi connectivity index (χ3v) is 3.49. The van der Waals surface area contributed by atoms with E-state index in [1.807, 2.05) is 11.4 Å². The molecular formula is C12H13ClN4OS. The number of nitrogens with zero attached hydrogens (tertiary/aromatic N) is 2. The molecule has 7 heteroatoms. The first kappa shape index (κ1) is 13.8. The number of hydrogen-bond donors (Lipinski definition) is 2. The molecule has 2 aromatic heterocycles. The topological polar surface area (TPSA) is 66.9 Å². The molecule has 0 radical (unpaired) electrons. The van der Waals surface area contributed by atoms with Crippen molar-refractivity contribution in [3.63, 3.8) is 0 Å². The molecule has 5 nitrogen and oxygen atoms in total. The van der Waals surface area contributed by atoms with Crippen molar-refractivity contribution in [2.75, 3.05) is 18.4 Å². The highest BCUT2D eigenvalue weighted by Crippen LogP contribution is 2.15. The van der Waals surface area contributed by atoms with Gasteiger partial charge in [0.05, 0.1) is 11.1 Å². The van der Waals surface area contributed by atoms with Gasteiger partial charge in [0.25, 0.3) is 5.91 Å². The Labute approximate surface area is 120 Å². The quantitative estimate of drug-likeness (QED) is 0.804. The monoisotopic (exact) mass is 296 g/mol. The standard InChI is InChI=1S/C12H13ClN4OS/c13-9-7-14-8-17-11(9)15-4-2-5-16-12(18)10-3-1-6-19-10/h1,3,6-8H,2,4-5H2,(H,16,18)(H,14,15,17). The van der Waals surface area contributed by atoms with Crippen molar-refractivity contribution in [3.05, 3.63) is 39.9 Å². The van der Waals surface area contributed by atoms with E-state index in [1.165, 1.54) is 23.9 Å². The van der Waals surface area contributed by atoms with Gasteiger partial charge in [-0.3, -0.25) is 4.79 Å². The minimum atomic E-state index is -0.0323. The van der Waals surface area contributed by atoms with Gasteiger partial charge >= 0.3 is 0 Å². The molecule has 19 heavy (non-hydrogen) atoms. The molecule has 0 atom stereocenters. The van der Waals surface area contributed by atoms with Crippen LogP contribution in [0.5, 0.6) is 0 Å². The van der Waals surface area contributed by atoms with E-state index in [1.54, 1.807) is 6.07 Å². The van der Waals surface area contributed by atoms with Crippen molar-refractivity contribution < 1.29 is 4.79 Å². The highest BCUT2D eigenvalue weighted by atomic mass is 35.5. The Hall–Kier alpha value is -1.66. The van der Waals surface area contributed by atoms with E-state index in [9.17, 15) is 4.79 Å². The number of carbonyl (C=O) groups excluding carboxylic acids is 1. The van der Waals surface area contributed by atoms with Crippen LogP contribution in [-0.2, 0) is 0 Å². The summed E-state index contributed by atoms with van der Waals surface area (Å²) in [6.07, 6.45) is 3.76. The Bertz CT molecular complexity index is 532. The van der Waals surface area contributed by atoms with E-state index < -0.39 is 0 Å². The van der Waals surface area contributed by atoms with E-state index in [2.05, 4.69) is 20.6 Å². The Morgan fingerprint density at radius 2 is 2.32 bits per heavy atom. The first-order chi connectivity index (χ1) is 9.27. The molecule has 0 aliphatic rings. The maximum Gasteiger partial charge on any atom is 0.261 e. The molecule has 2 rings (SSSR count). The number of carbonyl (C=O) groups is 1. The number of halogens is 1. The fourth-order valence-corrected chi connectivity index (χ4v) is 2.25. The lowest BCUT2D eigenvalue weighted by Crippen LogP contribution is -2.25. The van der Waals surface area contributed by atoms with Crippen LogP contribution in [0.4, 0.5) is 5.82 Å². The molecule has 0 saturated heterocycles. The first-order valence-electron chi connectivity index (χ1n) is 5.78. The molecule has 100 valence electrons. The van der Waals surface area contributed by atoms with Gasteiger partial charge in [-0.2, -0.15) is 0 Å². The van der Waals surface area contributed by atoms with E-state index in [-0.39, 0.29) is 5.91 Å². The number of aromatic nitrogens is 2. The predicted molar refractivity (Wildman–Crippen MR) is 76.8 cm³/mol. The zero-order valence-corrected chi connectivity index (χ0v) is 11.7. The molecule has 0 aliphatic heterocycles. The lowest BCUT2D eigenvalue weighted by molar-refractivity contribution is 0.0957. The van der Waals surface area contributed by atoms with Crippen LogP contribution in [0.1, 0.15) is 16.1 Å². The molecule has 0 fully saturated rings. The van der Waals surface area contributed by atoms with Crippen LogP contribution in [0.2, 0.25) is 5.02 Å². The molecular weight excluding hydrogens is 284 g/mol. The van der Waals surface area contributed by atoms with Crippen LogP contribution in [0.3, 0.4) is 0 Å². The van der Waals surface area contributed by atoms with Crippen molar-refractivity contribution >= 4 is 34.7 Å². The highest BCUT2D eigenvalue weighted by molar-refractivity contribution is 7.12. The fraction of sp³-hybridized carbons (Fsp3) is 0.250. The summed E-state index contributed by atoms with van der Waals surface area (Å²) >= 11 is 7.33. The summed E-state index contributed by atoms with van der Waals surface area (Å²) in [5.74, 6) is 0.580. The lowest BCUT2D eigenvalue weighted by Gasteiger charge is -2.07. The largest absolute Gasteiger partial charge is 0.369 e. The molecule has 2 aromatic rings. The van der Waals surface area contributed by atoms with Gasteiger partial charge in [0.15, 0.2) is 0 Å². The number of amides is 1. The molecule has 0 spiro atoms. The number of anilines is 1. The number of thiophene rings is 1. The maximum absolute atomic E-state index is 11.6. The number of rotatable bonds is 6. The van der Waals surface area contributed by atoms with E-state index >= 15 is 0 Å². The smallest absolute Gasteiger partial charge is 0.261 e. The zero-order chi connectivity index (χ0) is 13.5. The van der Waals surface area contributed by atoms with Crippen LogP contribution < -0.4 is 10.6 Å². The zero-order valence-electron chi connectivity index (χ0n) is 10.1. The summed E-state index contributed by atoms with van der Waals surface area (Å²) in [6, 6.07) is 3.66. The predicted octanol–water partition coefficient (Wildman–Crippen LogP) is 2.42. The Balaban J connectivity index is 1.65. The second-order valence-electron chi connectivity index (χ2n) is 3.73. The minimum Gasteiger partial charge on any atom is -0.369 e. The Morgan fingerprint density at radius 3 is 3.05 bits per heavy atom.